The molecule has 0 saturated heterocycles. The Morgan fingerprint density at radius 2 is 2.43 bits per heavy atom. The smallest absolute Gasteiger partial charge is 0.345 e. The Labute approximate surface area is 81.0 Å². The first-order chi connectivity index (χ1) is 6.72. The lowest BCUT2D eigenvalue weighted by Gasteiger charge is -2.08. The van der Waals surface area contributed by atoms with Crippen molar-refractivity contribution in [2.75, 3.05) is 6.54 Å². The molecule has 1 aromatic heterocycles. The van der Waals surface area contributed by atoms with Gasteiger partial charge < -0.3 is 15.8 Å². The van der Waals surface area contributed by atoms with Crippen LogP contribution in [0.1, 0.15) is 29.5 Å². The van der Waals surface area contributed by atoms with Crippen molar-refractivity contribution in [3.8, 4) is 0 Å². The molecule has 4 N–H and O–H groups in total. The molecule has 0 bridgehead atoms. The summed E-state index contributed by atoms with van der Waals surface area (Å²) < 4.78 is 0. The van der Waals surface area contributed by atoms with E-state index in [1.165, 1.54) is 0 Å². The Bertz CT molecular complexity index is 400. The summed E-state index contributed by atoms with van der Waals surface area (Å²) in [6, 6.07) is 0. The molecule has 0 saturated carbocycles. The maximum absolute atomic E-state index is 11.1. The molecule has 1 heterocycles. The molecule has 14 heavy (non-hydrogen) atoms. The second-order valence-electron chi connectivity index (χ2n) is 3.47. The first kappa shape index (κ1) is 9.36. The number of aromatic nitrogens is 2. The lowest BCUT2D eigenvalue weighted by molar-refractivity contribution is 0.178. The second kappa shape index (κ2) is 3.51. The second-order valence-corrected chi connectivity index (χ2v) is 3.47. The van der Waals surface area contributed by atoms with E-state index >= 15 is 0 Å². The van der Waals surface area contributed by atoms with Crippen LogP contribution in [0.15, 0.2) is 4.79 Å². The molecular weight excluding hydrogens is 182 g/mol. The van der Waals surface area contributed by atoms with Gasteiger partial charge in [0, 0.05) is 17.7 Å². The van der Waals surface area contributed by atoms with Crippen molar-refractivity contribution in [3.05, 3.63) is 27.4 Å². The molecule has 0 fully saturated rings. The van der Waals surface area contributed by atoms with Gasteiger partial charge in [0.25, 0.3) is 0 Å². The molecule has 1 unspecified atom stereocenters. The summed E-state index contributed by atoms with van der Waals surface area (Å²) in [5.41, 5.74) is 7.33. The van der Waals surface area contributed by atoms with Crippen LogP contribution >= 0.6 is 0 Å². The zero-order valence-corrected chi connectivity index (χ0v) is 7.79. The van der Waals surface area contributed by atoms with Crippen LogP contribution in [0.5, 0.6) is 0 Å². The largest absolute Gasteiger partial charge is 0.388 e. The quantitative estimate of drug-likeness (QED) is 0.579. The zero-order chi connectivity index (χ0) is 10.1. The monoisotopic (exact) mass is 195 g/mol. The van der Waals surface area contributed by atoms with Crippen molar-refractivity contribution < 1.29 is 5.11 Å². The van der Waals surface area contributed by atoms with Crippen molar-refractivity contribution in [2.45, 2.75) is 25.4 Å². The summed E-state index contributed by atoms with van der Waals surface area (Å²) in [4.78, 5) is 17.6. The van der Waals surface area contributed by atoms with Crippen LogP contribution < -0.4 is 11.4 Å². The van der Waals surface area contributed by atoms with Gasteiger partial charge >= 0.3 is 5.69 Å². The van der Waals surface area contributed by atoms with Gasteiger partial charge in [-0.25, -0.2) is 4.79 Å². The van der Waals surface area contributed by atoms with E-state index in [1.54, 1.807) is 0 Å². The molecule has 0 aliphatic heterocycles. The number of H-pyrrole nitrogens is 1. The lowest BCUT2D eigenvalue weighted by Crippen LogP contribution is -2.19. The molecule has 1 aromatic rings. The van der Waals surface area contributed by atoms with Crippen LogP contribution in [-0.4, -0.2) is 21.6 Å². The van der Waals surface area contributed by atoms with Crippen molar-refractivity contribution in [2.24, 2.45) is 5.73 Å². The number of nitrogens with zero attached hydrogens (tertiary/aromatic N) is 1. The summed E-state index contributed by atoms with van der Waals surface area (Å²) in [5, 5.41) is 9.68. The van der Waals surface area contributed by atoms with Gasteiger partial charge in [0.1, 0.15) is 0 Å². The third kappa shape index (κ3) is 1.44. The third-order valence-electron chi connectivity index (χ3n) is 2.51. The molecule has 1 aliphatic rings. The number of aliphatic hydroxyl groups is 1. The van der Waals surface area contributed by atoms with Gasteiger partial charge in [0.05, 0.1) is 11.8 Å². The molecule has 0 aromatic carbocycles. The highest BCUT2D eigenvalue weighted by Crippen LogP contribution is 2.30. The van der Waals surface area contributed by atoms with Gasteiger partial charge in [-0.3, -0.25) is 0 Å². The minimum Gasteiger partial charge on any atom is -0.388 e. The van der Waals surface area contributed by atoms with Gasteiger partial charge in [-0.05, 0) is 19.4 Å². The molecule has 5 heteroatoms. The average molecular weight is 195 g/mol. The molecule has 76 valence electrons. The highest BCUT2D eigenvalue weighted by molar-refractivity contribution is 5.31. The predicted molar refractivity (Wildman–Crippen MR) is 50.9 cm³/mol. The minimum absolute atomic E-state index is 0.346. The molecular formula is C9H13N3O2. The molecule has 1 atom stereocenters. The molecule has 2 rings (SSSR count). The normalized spacial score (nSPS) is 19.7. The Kier molecular flexibility index (Phi) is 2.35. The SMILES string of the molecule is NCCc1nc(=O)[nH]c2c1C(O)CC2. The summed E-state index contributed by atoms with van der Waals surface area (Å²) in [5.74, 6) is 0. The van der Waals surface area contributed by atoms with Gasteiger partial charge in [-0.1, -0.05) is 0 Å². The average Bonchev–Trinajstić information content (AvgIpc) is 2.48. The number of nitrogens with two attached hydrogens (primary N) is 1. The van der Waals surface area contributed by atoms with Crippen LogP contribution in [0.25, 0.3) is 0 Å². The van der Waals surface area contributed by atoms with Crippen molar-refractivity contribution in [1.29, 1.82) is 0 Å². The number of nitrogens with one attached hydrogen (secondary N) is 1. The molecule has 0 spiro atoms. The summed E-state index contributed by atoms with van der Waals surface area (Å²) in [6.45, 7) is 0.440. The van der Waals surface area contributed by atoms with Gasteiger partial charge in [0.2, 0.25) is 0 Å². The summed E-state index contributed by atoms with van der Waals surface area (Å²) in [7, 11) is 0. The topological polar surface area (TPSA) is 92.0 Å². The number of rotatable bonds is 2. The summed E-state index contributed by atoms with van der Waals surface area (Å²) in [6.07, 6.45) is 1.43. The number of hydrogen-bond donors (Lipinski definition) is 3. The van der Waals surface area contributed by atoms with Crippen molar-refractivity contribution in [1.82, 2.24) is 9.97 Å². The van der Waals surface area contributed by atoms with Crippen molar-refractivity contribution in [3.63, 3.8) is 0 Å². The Morgan fingerprint density at radius 1 is 1.64 bits per heavy atom. The minimum atomic E-state index is -0.490. The van der Waals surface area contributed by atoms with Gasteiger partial charge in [-0.2, -0.15) is 4.98 Å². The Morgan fingerprint density at radius 3 is 3.14 bits per heavy atom. The van der Waals surface area contributed by atoms with Crippen LogP contribution in [0.4, 0.5) is 0 Å². The van der Waals surface area contributed by atoms with Gasteiger partial charge in [0.15, 0.2) is 0 Å². The van der Waals surface area contributed by atoms with E-state index in [-0.39, 0.29) is 5.69 Å². The molecule has 0 amide bonds. The van der Waals surface area contributed by atoms with E-state index < -0.39 is 6.10 Å². The van der Waals surface area contributed by atoms with Crippen LogP contribution in [-0.2, 0) is 12.8 Å². The number of aromatic amines is 1. The van der Waals surface area contributed by atoms with E-state index in [9.17, 15) is 9.90 Å². The van der Waals surface area contributed by atoms with Crippen LogP contribution in [0.2, 0.25) is 0 Å². The molecule has 5 nitrogen and oxygen atoms in total. The van der Waals surface area contributed by atoms with Gasteiger partial charge in [-0.15, -0.1) is 0 Å². The number of aryl methyl sites for hydroxylation is 1. The Balaban J connectivity index is 2.53. The lowest BCUT2D eigenvalue weighted by atomic mass is 10.1. The molecule has 1 aliphatic carbocycles. The first-order valence-electron chi connectivity index (χ1n) is 4.72. The van der Waals surface area contributed by atoms with Crippen LogP contribution in [0, 0.1) is 0 Å². The van der Waals surface area contributed by atoms with E-state index in [0.29, 0.717) is 31.5 Å². The highest BCUT2D eigenvalue weighted by Gasteiger charge is 2.25. The number of fused-ring (bicyclic) bond motifs is 1. The fourth-order valence-electron chi connectivity index (χ4n) is 1.92. The maximum atomic E-state index is 11.1. The standard InChI is InChI=1S/C9H13N3O2/c10-4-3-6-8-5(1-2-7(8)13)11-9(14)12-6/h7,13H,1-4,10H2,(H,11,12,14). The predicted octanol–water partition coefficient (Wildman–Crippen LogP) is -0.749. The Hall–Kier alpha value is -1.20. The van der Waals surface area contributed by atoms with E-state index in [1.807, 2.05) is 0 Å². The summed E-state index contributed by atoms with van der Waals surface area (Å²) >= 11 is 0. The van der Waals surface area contributed by atoms with E-state index in [0.717, 1.165) is 11.3 Å². The fraction of sp³-hybridized carbons (Fsp3) is 0.556. The highest BCUT2D eigenvalue weighted by atomic mass is 16.3. The fourth-order valence-corrected chi connectivity index (χ4v) is 1.92. The first-order valence-corrected chi connectivity index (χ1v) is 4.72. The van der Waals surface area contributed by atoms with E-state index in [4.69, 9.17) is 5.73 Å². The zero-order valence-electron chi connectivity index (χ0n) is 7.79. The molecule has 0 radical (unpaired) electrons. The maximum Gasteiger partial charge on any atom is 0.345 e. The van der Waals surface area contributed by atoms with Crippen LogP contribution in [0.3, 0.4) is 0 Å². The third-order valence-corrected chi connectivity index (χ3v) is 2.51. The number of hydrogen-bond acceptors (Lipinski definition) is 4. The van der Waals surface area contributed by atoms with Crippen molar-refractivity contribution >= 4 is 0 Å². The number of aliphatic hydroxyl groups excluding tert-OH is 1. The van der Waals surface area contributed by atoms with E-state index in [2.05, 4.69) is 9.97 Å².